The van der Waals surface area contributed by atoms with Gasteiger partial charge in [-0.2, -0.15) is 0 Å². The Kier molecular flexibility index (Phi) is 5.81. The first-order chi connectivity index (χ1) is 14.7. The summed E-state index contributed by atoms with van der Waals surface area (Å²) in [6, 6.07) is 15.1. The average molecular weight is 422 g/mol. The monoisotopic (exact) mass is 421 g/mol. The van der Waals surface area contributed by atoms with E-state index < -0.39 is 0 Å². The van der Waals surface area contributed by atoms with Crippen LogP contribution in [0.4, 0.5) is 17.5 Å². The number of pyridine rings is 1. The van der Waals surface area contributed by atoms with E-state index in [1.807, 2.05) is 48.5 Å². The molecule has 0 bridgehead atoms. The van der Waals surface area contributed by atoms with Crippen LogP contribution in [0, 0.1) is 0 Å². The number of rotatable bonds is 7. The zero-order chi connectivity index (χ0) is 20.9. The van der Waals surface area contributed by atoms with Crippen LogP contribution >= 0.6 is 11.6 Å². The van der Waals surface area contributed by atoms with Crippen molar-refractivity contribution in [1.82, 2.24) is 15.0 Å². The third-order valence-electron chi connectivity index (χ3n) is 4.55. The molecule has 0 saturated carbocycles. The smallest absolute Gasteiger partial charge is 0.223 e. The molecule has 2 heterocycles. The van der Waals surface area contributed by atoms with Gasteiger partial charge in [-0.1, -0.05) is 29.8 Å². The number of methoxy groups -OCH3 is 2. The van der Waals surface area contributed by atoms with E-state index in [4.69, 9.17) is 21.1 Å². The minimum atomic E-state index is 0.519. The van der Waals surface area contributed by atoms with Crippen molar-refractivity contribution in [3.05, 3.63) is 71.5 Å². The van der Waals surface area contributed by atoms with Crippen LogP contribution in [0.25, 0.3) is 10.9 Å². The molecule has 0 fully saturated rings. The normalized spacial score (nSPS) is 10.6. The summed E-state index contributed by atoms with van der Waals surface area (Å²) in [5.74, 6) is 2.46. The van der Waals surface area contributed by atoms with Crippen LogP contribution in [0.2, 0.25) is 5.02 Å². The Morgan fingerprint density at radius 3 is 2.60 bits per heavy atom. The van der Waals surface area contributed by atoms with Gasteiger partial charge >= 0.3 is 0 Å². The first kappa shape index (κ1) is 19.7. The van der Waals surface area contributed by atoms with E-state index in [0.29, 0.717) is 34.8 Å². The third kappa shape index (κ3) is 4.21. The quantitative estimate of drug-likeness (QED) is 0.432. The number of halogens is 1. The van der Waals surface area contributed by atoms with Crippen LogP contribution in [-0.4, -0.2) is 29.2 Å². The Hall–Kier alpha value is -3.58. The van der Waals surface area contributed by atoms with E-state index in [9.17, 15) is 0 Å². The molecule has 0 atom stereocenters. The molecule has 0 aliphatic carbocycles. The number of nitrogens with zero attached hydrogens (tertiary/aromatic N) is 3. The lowest BCUT2D eigenvalue weighted by Crippen LogP contribution is -2.04. The van der Waals surface area contributed by atoms with Gasteiger partial charge in [0.1, 0.15) is 5.82 Å². The molecule has 4 aromatic rings. The molecule has 0 spiro atoms. The topological polar surface area (TPSA) is 81.2 Å². The van der Waals surface area contributed by atoms with Gasteiger partial charge in [0.25, 0.3) is 0 Å². The molecule has 152 valence electrons. The highest BCUT2D eigenvalue weighted by atomic mass is 35.5. The molecule has 4 rings (SSSR count). The molecule has 0 aliphatic rings. The van der Waals surface area contributed by atoms with E-state index in [0.717, 1.165) is 22.2 Å². The second kappa shape index (κ2) is 8.84. The van der Waals surface area contributed by atoms with Crippen molar-refractivity contribution in [1.29, 1.82) is 0 Å². The molecule has 8 heteroatoms. The van der Waals surface area contributed by atoms with E-state index in [1.165, 1.54) is 0 Å². The molecule has 2 N–H and O–H groups in total. The van der Waals surface area contributed by atoms with E-state index >= 15 is 0 Å². The molecular weight excluding hydrogens is 402 g/mol. The van der Waals surface area contributed by atoms with Gasteiger partial charge in [0, 0.05) is 35.7 Å². The Bertz CT molecular complexity index is 1190. The maximum Gasteiger partial charge on any atom is 0.223 e. The fourth-order valence-corrected chi connectivity index (χ4v) is 3.21. The fourth-order valence-electron chi connectivity index (χ4n) is 3.01. The van der Waals surface area contributed by atoms with Crippen LogP contribution in [0.1, 0.15) is 5.56 Å². The van der Waals surface area contributed by atoms with Gasteiger partial charge in [-0.05, 0) is 29.8 Å². The second-order valence-corrected chi connectivity index (χ2v) is 6.83. The molecule has 0 amide bonds. The SMILES string of the molecule is COc1ccc(Nc2nccc3nc(NCc4ccccc4Cl)ncc23)cc1OC. The zero-order valence-electron chi connectivity index (χ0n) is 16.5. The number of ether oxygens (including phenoxy) is 2. The minimum Gasteiger partial charge on any atom is -0.493 e. The number of hydrogen-bond donors (Lipinski definition) is 2. The molecular formula is C22H20ClN5O2. The Morgan fingerprint density at radius 1 is 0.967 bits per heavy atom. The van der Waals surface area contributed by atoms with Crippen molar-refractivity contribution in [2.24, 2.45) is 0 Å². The van der Waals surface area contributed by atoms with Gasteiger partial charge in [-0.3, -0.25) is 0 Å². The van der Waals surface area contributed by atoms with Crippen molar-refractivity contribution in [2.45, 2.75) is 6.54 Å². The summed E-state index contributed by atoms with van der Waals surface area (Å²) in [5, 5.41) is 8.01. The van der Waals surface area contributed by atoms with Gasteiger partial charge in [0.15, 0.2) is 11.5 Å². The third-order valence-corrected chi connectivity index (χ3v) is 4.92. The number of benzene rings is 2. The van der Waals surface area contributed by atoms with Crippen molar-refractivity contribution in [3.63, 3.8) is 0 Å². The molecule has 7 nitrogen and oxygen atoms in total. The first-order valence-corrected chi connectivity index (χ1v) is 9.64. The maximum absolute atomic E-state index is 6.21. The number of fused-ring (bicyclic) bond motifs is 1. The number of anilines is 3. The summed E-state index contributed by atoms with van der Waals surface area (Å²) in [6.45, 7) is 0.535. The summed E-state index contributed by atoms with van der Waals surface area (Å²) < 4.78 is 10.6. The van der Waals surface area contributed by atoms with E-state index in [-0.39, 0.29) is 0 Å². The van der Waals surface area contributed by atoms with Crippen molar-refractivity contribution >= 4 is 40.0 Å². The summed E-state index contributed by atoms with van der Waals surface area (Å²) >= 11 is 6.21. The molecule has 30 heavy (non-hydrogen) atoms. The minimum absolute atomic E-state index is 0.519. The summed E-state index contributed by atoms with van der Waals surface area (Å²) in [7, 11) is 3.20. The van der Waals surface area contributed by atoms with Gasteiger partial charge in [0.05, 0.1) is 25.1 Å². The lowest BCUT2D eigenvalue weighted by atomic mass is 10.2. The van der Waals surface area contributed by atoms with Gasteiger partial charge in [-0.15, -0.1) is 0 Å². The standard InChI is InChI=1S/C22H20ClN5O2/c1-29-19-8-7-15(11-20(19)30-2)27-21-16-13-26-22(28-18(16)9-10-24-21)25-12-14-5-3-4-6-17(14)23/h3-11,13H,12H2,1-2H3,(H,24,27)(H,25,26,28). The van der Waals surface area contributed by atoms with E-state index in [1.54, 1.807) is 26.6 Å². The molecule has 0 unspecified atom stereocenters. The lowest BCUT2D eigenvalue weighted by Gasteiger charge is -2.12. The van der Waals surface area contributed by atoms with Gasteiger partial charge < -0.3 is 20.1 Å². The van der Waals surface area contributed by atoms with Gasteiger partial charge in [0.2, 0.25) is 5.95 Å². The molecule has 0 radical (unpaired) electrons. The highest BCUT2D eigenvalue weighted by Crippen LogP contribution is 2.32. The first-order valence-electron chi connectivity index (χ1n) is 9.26. The molecule has 2 aromatic heterocycles. The van der Waals surface area contributed by atoms with Crippen molar-refractivity contribution in [2.75, 3.05) is 24.9 Å². The van der Waals surface area contributed by atoms with E-state index in [2.05, 4.69) is 25.6 Å². The summed E-state index contributed by atoms with van der Waals surface area (Å²) in [4.78, 5) is 13.5. The Morgan fingerprint density at radius 2 is 1.80 bits per heavy atom. The van der Waals surface area contributed by atoms with Crippen LogP contribution in [0.5, 0.6) is 11.5 Å². The number of hydrogen-bond acceptors (Lipinski definition) is 7. The zero-order valence-corrected chi connectivity index (χ0v) is 17.3. The number of aromatic nitrogens is 3. The predicted octanol–water partition coefficient (Wildman–Crippen LogP) is 5.05. The van der Waals surface area contributed by atoms with Gasteiger partial charge in [-0.25, -0.2) is 15.0 Å². The van der Waals surface area contributed by atoms with Crippen LogP contribution < -0.4 is 20.1 Å². The average Bonchev–Trinajstić information content (AvgIpc) is 2.78. The molecule has 2 aromatic carbocycles. The summed E-state index contributed by atoms with van der Waals surface area (Å²) in [5.41, 5.74) is 2.56. The predicted molar refractivity (Wildman–Crippen MR) is 119 cm³/mol. The van der Waals surface area contributed by atoms with Crippen LogP contribution in [0.3, 0.4) is 0 Å². The largest absolute Gasteiger partial charge is 0.493 e. The van der Waals surface area contributed by atoms with Crippen LogP contribution in [0.15, 0.2) is 60.9 Å². The summed E-state index contributed by atoms with van der Waals surface area (Å²) in [6.07, 6.45) is 3.45. The highest BCUT2D eigenvalue weighted by molar-refractivity contribution is 6.31. The highest BCUT2D eigenvalue weighted by Gasteiger charge is 2.09. The van der Waals surface area contributed by atoms with Crippen LogP contribution in [-0.2, 0) is 6.54 Å². The molecule has 0 aliphatic heterocycles. The second-order valence-electron chi connectivity index (χ2n) is 6.43. The lowest BCUT2D eigenvalue weighted by molar-refractivity contribution is 0.355. The maximum atomic E-state index is 6.21. The number of nitrogens with one attached hydrogen (secondary N) is 2. The Balaban J connectivity index is 1.56. The van der Waals surface area contributed by atoms with Crippen molar-refractivity contribution < 1.29 is 9.47 Å². The fraction of sp³-hybridized carbons (Fsp3) is 0.136. The van der Waals surface area contributed by atoms with Crippen molar-refractivity contribution in [3.8, 4) is 11.5 Å². The molecule has 0 saturated heterocycles. The Labute approximate surface area is 179 Å².